The van der Waals surface area contributed by atoms with Gasteiger partial charge in [-0.3, -0.25) is 5.32 Å². The summed E-state index contributed by atoms with van der Waals surface area (Å²) in [6.45, 7) is 6.78. The average Bonchev–Trinajstić information content (AvgIpc) is 2.92. The highest BCUT2D eigenvalue weighted by Gasteiger charge is 2.32. The summed E-state index contributed by atoms with van der Waals surface area (Å²) in [5.74, 6) is 0.588. The molecule has 1 aliphatic rings. The molecule has 2 N–H and O–H groups in total. The molecule has 2 amide bonds. The molecule has 3 rings (SSSR count). The summed E-state index contributed by atoms with van der Waals surface area (Å²) in [6.07, 6.45) is 2.93. The highest BCUT2D eigenvalue weighted by molar-refractivity contribution is 7.16. The number of benzene rings is 1. The number of carbonyl (C=O) groups excluding carboxylic acids is 1. The lowest BCUT2D eigenvalue weighted by Crippen LogP contribution is -2.26. The van der Waals surface area contributed by atoms with Gasteiger partial charge in [0.2, 0.25) is 0 Å². The molecular weight excluding hydrogens is 366 g/mol. The molecule has 2 aromatic rings. The fourth-order valence-electron chi connectivity index (χ4n) is 3.35. The molecule has 136 valence electrons. The Bertz CT molecular complexity index is 876. The molecule has 1 atom stereocenters. The number of rotatable bonds is 2. The van der Waals surface area contributed by atoms with E-state index in [0.29, 0.717) is 27.2 Å². The van der Waals surface area contributed by atoms with E-state index in [1.807, 2.05) is 0 Å². The van der Waals surface area contributed by atoms with Crippen LogP contribution in [0.5, 0.6) is 0 Å². The van der Waals surface area contributed by atoms with Crippen LogP contribution in [0.1, 0.15) is 43.2 Å². The number of thiophene rings is 1. The highest BCUT2D eigenvalue weighted by atomic mass is 35.5. The lowest BCUT2D eigenvalue weighted by atomic mass is 9.72. The maximum Gasteiger partial charge on any atom is 0.324 e. The molecule has 1 aromatic heterocycles. The number of fused-ring (bicyclic) bond motifs is 1. The number of halogens is 1. The molecule has 0 saturated carbocycles. The van der Waals surface area contributed by atoms with Gasteiger partial charge in [0.15, 0.2) is 0 Å². The Hall–Kier alpha value is -2.03. The first-order chi connectivity index (χ1) is 12.3. The largest absolute Gasteiger partial charge is 0.324 e. The van der Waals surface area contributed by atoms with Gasteiger partial charge in [-0.1, -0.05) is 44.5 Å². The SMILES string of the molecule is CC(C)(C)C1CCc2c(sc(NC(=O)Nc3ccccc3Cl)c2C#N)C1. The smallest absolute Gasteiger partial charge is 0.306 e. The van der Waals surface area contributed by atoms with Crippen LogP contribution in [0.4, 0.5) is 15.5 Å². The van der Waals surface area contributed by atoms with Gasteiger partial charge in [0.1, 0.15) is 11.1 Å². The molecule has 1 heterocycles. The van der Waals surface area contributed by atoms with Gasteiger partial charge in [-0.25, -0.2) is 4.79 Å². The number of urea groups is 1. The number of hydrogen-bond acceptors (Lipinski definition) is 3. The van der Waals surface area contributed by atoms with Crippen LogP contribution in [0.15, 0.2) is 24.3 Å². The predicted octanol–water partition coefficient (Wildman–Crippen LogP) is 6.07. The summed E-state index contributed by atoms with van der Waals surface area (Å²) in [7, 11) is 0. The first-order valence-electron chi connectivity index (χ1n) is 8.66. The molecule has 0 saturated heterocycles. The third-order valence-corrected chi connectivity index (χ3v) is 6.45. The average molecular weight is 388 g/mol. The Morgan fingerprint density at radius 3 is 2.69 bits per heavy atom. The van der Waals surface area contributed by atoms with E-state index in [9.17, 15) is 10.1 Å². The van der Waals surface area contributed by atoms with Crippen molar-refractivity contribution in [2.45, 2.75) is 40.0 Å². The van der Waals surface area contributed by atoms with Crippen molar-refractivity contribution in [2.24, 2.45) is 11.3 Å². The monoisotopic (exact) mass is 387 g/mol. The van der Waals surface area contributed by atoms with Crippen LogP contribution < -0.4 is 10.6 Å². The minimum atomic E-state index is -0.388. The van der Waals surface area contributed by atoms with Crippen LogP contribution in [0.3, 0.4) is 0 Å². The van der Waals surface area contributed by atoms with Crippen LogP contribution >= 0.6 is 22.9 Å². The molecule has 26 heavy (non-hydrogen) atoms. The third-order valence-electron chi connectivity index (χ3n) is 4.95. The number of amides is 2. The lowest BCUT2D eigenvalue weighted by Gasteiger charge is -2.33. The minimum Gasteiger partial charge on any atom is -0.306 e. The zero-order valence-electron chi connectivity index (χ0n) is 15.1. The highest BCUT2D eigenvalue weighted by Crippen LogP contribution is 2.44. The number of hydrogen-bond donors (Lipinski definition) is 2. The molecule has 0 fully saturated rings. The molecular formula is C20H22ClN3OS. The Kier molecular flexibility index (Phi) is 5.27. The van der Waals surface area contributed by atoms with Crippen molar-refractivity contribution in [2.75, 3.05) is 10.6 Å². The second-order valence-corrected chi connectivity index (χ2v) is 9.20. The number of carbonyl (C=O) groups is 1. The standard InChI is InChI=1S/C20H22ClN3OS/c1-20(2,3)12-8-9-13-14(11-22)18(26-17(13)10-12)24-19(25)23-16-7-5-4-6-15(16)21/h4-7,12H,8-10H2,1-3H3,(H2,23,24,25). The Morgan fingerprint density at radius 1 is 1.31 bits per heavy atom. The zero-order chi connectivity index (χ0) is 18.9. The number of nitriles is 1. The van der Waals surface area contributed by atoms with Crippen LogP contribution in [0.25, 0.3) is 0 Å². The fraction of sp³-hybridized carbons (Fsp3) is 0.400. The number of para-hydroxylation sites is 1. The lowest BCUT2D eigenvalue weighted by molar-refractivity contribution is 0.218. The van der Waals surface area contributed by atoms with Gasteiger partial charge in [-0.15, -0.1) is 11.3 Å². The van der Waals surface area contributed by atoms with Crippen molar-refractivity contribution in [3.8, 4) is 6.07 Å². The summed E-state index contributed by atoms with van der Waals surface area (Å²) >= 11 is 7.60. The molecule has 4 nitrogen and oxygen atoms in total. The van der Waals surface area contributed by atoms with Crippen molar-refractivity contribution in [3.63, 3.8) is 0 Å². The molecule has 0 bridgehead atoms. The molecule has 0 spiro atoms. The maximum absolute atomic E-state index is 12.4. The molecule has 0 aliphatic heterocycles. The van der Waals surface area contributed by atoms with E-state index in [0.717, 1.165) is 24.8 Å². The summed E-state index contributed by atoms with van der Waals surface area (Å²) < 4.78 is 0. The topological polar surface area (TPSA) is 64.9 Å². The summed E-state index contributed by atoms with van der Waals surface area (Å²) in [4.78, 5) is 13.6. The van der Waals surface area contributed by atoms with E-state index in [1.165, 1.54) is 16.2 Å². The van der Waals surface area contributed by atoms with Crippen molar-refractivity contribution in [3.05, 3.63) is 45.3 Å². The minimum absolute atomic E-state index is 0.240. The first kappa shape index (κ1) is 18.8. The number of nitrogens with zero attached hydrogens (tertiary/aromatic N) is 1. The van der Waals surface area contributed by atoms with E-state index < -0.39 is 0 Å². The van der Waals surface area contributed by atoms with Crippen molar-refractivity contribution >= 4 is 39.7 Å². The van der Waals surface area contributed by atoms with Crippen molar-refractivity contribution < 1.29 is 4.79 Å². The van der Waals surface area contributed by atoms with Crippen LogP contribution in [0.2, 0.25) is 5.02 Å². The van der Waals surface area contributed by atoms with Gasteiger partial charge < -0.3 is 5.32 Å². The van der Waals surface area contributed by atoms with E-state index in [4.69, 9.17) is 11.6 Å². The van der Waals surface area contributed by atoms with Gasteiger partial charge in [-0.05, 0) is 48.3 Å². The summed E-state index contributed by atoms with van der Waals surface area (Å²) in [5, 5.41) is 16.3. The summed E-state index contributed by atoms with van der Waals surface area (Å²) in [6, 6.07) is 8.95. The second-order valence-electron chi connectivity index (χ2n) is 7.68. The predicted molar refractivity (Wildman–Crippen MR) is 108 cm³/mol. The fourth-order valence-corrected chi connectivity index (χ4v) is 4.81. The summed E-state index contributed by atoms with van der Waals surface area (Å²) in [5.41, 5.74) is 2.49. The molecule has 0 radical (unpaired) electrons. The number of nitrogens with one attached hydrogen (secondary N) is 2. The first-order valence-corrected chi connectivity index (χ1v) is 9.86. The van der Waals surface area contributed by atoms with Gasteiger partial charge >= 0.3 is 6.03 Å². The van der Waals surface area contributed by atoms with Crippen LogP contribution in [-0.2, 0) is 12.8 Å². The van der Waals surface area contributed by atoms with E-state index in [2.05, 4.69) is 37.5 Å². The van der Waals surface area contributed by atoms with Gasteiger partial charge in [0.25, 0.3) is 0 Å². The van der Waals surface area contributed by atoms with E-state index >= 15 is 0 Å². The Labute approximate surface area is 163 Å². The molecule has 1 unspecified atom stereocenters. The van der Waals surface area contributed by atoms with Crippen molar-refractivity contribution in [1.82, 2.24) is 0 Å². The van der Waals surface area contributed by atoms with Gasteiger partial charge in [0, 0.05) is 4.88 Å². The molecule has 6 heteroatoms. The third kappa shape index (κ3) is 3.87. The van der Waals surface area contributed by atoms with Gasteiger partial charge in [0.05, 0.1) is 16.3 Å². The molecule has 1 aromatic carbocycles. The normalized spacial score (nSPS) is 16.5. The van der Waals surface area contributed by atoms with Gasteiger partial charge in [-0.2, -0.15) is 5.26 Å². The van der Waals surface area contributed by atoms with Crippen LogP contribution in [0, 0.1) is 22.7 Å². The van der Waals surface area contributed by atoms with E-state index in [1.54, 1.807) is 24.3 Å². The number of anilines is 2. The maximum atomic E-state index is 12.4. The van der Waals surface area contributed by atoms with E-state index in [-0.39, 0.29) is 11.4 Å². The van der Waals surface area contributed by atoms with Crippen molar-refractivity contribution in [1.29, 1.82) is 5.26 Å². The Balaban J connectivity index is 1.79. The molecule has 1 aliphatic carbocycles. The zero-order valence-corrected chi connectivity index (χ0v) is 16.7. The second kappa shape index (κ2) is 7.30. The Morgan fingerprint density at radius 2 is 2.04 bits per heavy atom. The van der Waals surface area contributed by atoms with Crippen LogP contribution in [-0.4, -0.2) is 6.03 Å². The quantitative estimate of drug-likeness (QED) is 0.656.